The van der Waals surface area contributed by atoms with Gasteiger partial charge in [-0.1, -0.05) is 12.1 Å². The molecule has 1 fully saturated rings. The van der Waals surface area contributed by atoms with Crippen LogP contribution in [0.4, 0.5) is 4.39 Å². The maximum Gasteiger partial charge on any atom is 0.303 e. The van der Waals surface area contributed by atoms with Crippen LogP contribution in [0.1, 0.15) is 18.9 Å². The first-order chi connectivity index (χ1) is 8.54. The maximum absolute atomic E-state index is 13.0. The molecule has 1 N–H and O–H groups in total. The van der Waals surface area contributed by atoms with E-state index in [1.807, 2.05) is 6.07 Å². The van der Waals surface area contributed by atoms with E-state index < -0.39 is 5.97 Å². The number of nitrogens with zero attached hydrogens (tertiary/aromatic N) is 1. The smallest absolute Gasteiger partial charge is 0.303 e. The Morgan fingerprint density at radius 1 is 1.56 bits per heavy atom. The molecule has 1 aliphatic rings. The van der Waals surface area contributed by atoms with E-state index in [1.165, 1.54) is 6.07 Å². The van der Waals surface area contributed by atoms with Crippen molar-refractivity contribution in [3.63, 3.8) is 0 Å². The molecule has 1 aromatic carbocycles. The van der Waals surface area contributed by atoms with Gasteiger partial charge in [0.25, 0.3) is 0 Å². The first kappa shape index (κ1) is 13.0. The minimum atomic E-state index is -0.725. The van der Waals surface area contributed by atoms with Crippen LogP contribution < -0.4 is 0 Å². The Labute approximate surface area is 106 Å². The summed E-state index contributed by atoms with van der Waals surface area (Å²) in [5, 5.41) is 8.68. The highest BCUT2D eigenvalue weighted by molar-refractivity contribution is 5.67. The Hall–Kier alpha value is -1.42. The third-order valence-electron chi connectivity index (χ3n) is 3.49. The number of carboxylic acids is 1. The van der Waals surface area contributed by atoms with Crippen LogP contribution in [0.25, 0.3) is 0 Å². The quantitative estimate of drug-likeness (QED) is 0.871. The van der Waals surface area contributed by atoms with Gasteiger partial charge < -0.3 is 5.11 Å². The molecule has 1 aliphatic heterocycles. The summed E-state index contributed by atoms with van der Waals surface area (Å²) < 4.78 is 13.0. The molecule has 18 heavy (non-hydrogen) atoms. The monoisotopic (exact) mass is 251 g/mol. The van der Waals surface area contributed by atoms with Gasteiger partial charge in [-0.25, -0.2) is 4.39 Å². The fourth-order valence-electron chi connectivity index (χ4n) is 2.48. The molecule has 0 aliphatic carbocycles. The second-order valence-corrected chi connectivity index (χ2v) is 5.10. The highest BCUT2D eigenvalue weighted by Crippen LogP contribution is 2.23. The average Bonchev–Trinajstić information content (AvgIpc) is 2.22. The summed E-state index contributed by atoms with van der Waals surface area (Å²) in [5.74, 6) is -0.651. The van der Waals surface area contributed by atoms with Crippen molar-refractivity contribution in [1.82, 2.24) is 4.90 Å². The number of benzene rings is 1. The lowest BCUT2D eigenvalue weighted by Crippen LogP contribution is -2.52. The van der Waals surface area contributed by atoms with E-state index in [0.717, 1.165) is 25.1 Å². The molecule has 0 saturated carbocycles. The first-order valence-corrected chi connectivity index (χ1v) is 6.25. The van der Waals surface area contributed by atoms with Gasteiger partial charge in [0, 0.05) is 19.1 Å². The van der Waals surface area contributed by atoms with E-state index in [9.17, 15) is 9.18 Å². The standard InChI is InChI=1S/C14H18FNO2/c1-10(5-11-3-2-4-13(15)6-11)16-8-12(9-16)7-14(17)18/h2-4,6,10,12H,5,7-9H2,1H3,(H,17,18). The van der Waals surface area contributed by atoms with Crippen LogP contribution in [-0.2, 0) is 11.2 Å². The highest BCUT2D eigenvalue weighted by atomic mass is 19.1. The summed E-state index contributed by atoms with van der Waals surface area (Å²) in [7, 11) is 0. The van der Waals surface area contributed by atoms with Crippen molar-refractivity contribution in [3.8, 4) is 0 Å². The van der Waals surface area contributed by atoms with Crippen LogP contribution >= 0.6 is 0 Å². The van der Waals surface area contributed by atoms with E-state index in [4.69, 9.17) is 5.11 Å². The minimum Gasteiger partial charge on any atom is -0.481 e. The van der Waals surface area contributed by atoms with Gasteiger partial charge in [-0.15, -0.1) is 0 Å². The Balaban J connectivity index is 1.80. The van der Waals surface area contributed by atoms with Crippen molar-refractivity contribution in [2.45, 2.75) is 25.8 Å². The van der Waals surface area contributed by atoms with Gasteiger partial charge in [0.15, 0.2) is 0 Å². The van der Waals surface area contributed by atoms with E-state index >= 15 is 0 Å². The molecule has 0 amide bonds. The van der Waals surface area contributed by atoms with Crippen LogP contribution in [0.15, 0.2) is 24.3 Å². The zero-order valence-electron chi connectivity index (χ0n) is 10.5. The molecule has 0 radical (unpaired) electrons. The highest BCUT2D eigenvalue weighted by Gasteiger charge is 2.31. The minimum absolute atomic E-state index is 0.202. The van der Waals surface area contributed by atoms with Crippen LogP contribution in [0, 0.1) is 11.7 Å². The van der Waals surface area contributed by atoms with E-state index in [1.54, 1.807) is 12.1 Å². The molecule has 0 aromatic heterocycles. The fraction of sp³-hybridized carbons (Fsp3) is 0.500. The third-order valence-corrected chi connectivity index (χ3v) is 3.49. The Kier molecular flexibility index (Phi) is 3.97. The zero-order valence-corrected chi connectivity index (χ0v) is 10.5. The maximum atomic E-state index is 13.0. The second-order valence-electron chi connectivity index (χ2n) is 5.10. The van der Waals surface area contributed by atoms with Gasteiger partial charge in [-0.05, 0) is 37.0 Å². The van der Waals surface area contributed by atoms with Crippen molar-refractivity contribution >= 4 is 5.97 Å². The number of carboxylic acid groups (broad SMARTS) is 1. The molecule has 98 valence electrons. The van der Waals surface area contributed by atoms with Crippen LogP contribution in [0.5, 0.6) is 0 Å². The molecule has 1 heterocycles. The van der Waals surface area contributed by atoms with Crippen molar-refractivity contribution in [2.75, 3.05) is 13.1 Å². The summed E-state index contributed by atoms with van der Waals surface area (Å²) in [4.78, 5) is 12.8. The lowest BCUT2D eigenvalue weighted by molar-refractivity contribution is -0.139. The van der Waals surface area contributed by atoms with Crippen molar-refractivity contribution < 1.29 is 14.3 Å². The number of hydrogen-bond acceptors (Lipinski definition) is 2. The van der Waals surface area contributed by atoms with Gasteiger partial charge in [-0.2, -0.15) is 0 Å². The van der Waals surface area contributed by atoms with Crippen LogP contribution in [0.3, 0.4) is 0 Å². The Morgan fingerprint density at radius 2 is 2.28 bits per heavy atom. The molecule has 0 bridgehead atoms. The summed E-state index contributed by atoms with van der Waals surface area (Å²) in [6.07, 6.45) is 1.06. The number of halogens is 1. The molecular formula is C14H18FNO2. The third kappa shape index (κ3) is 3.29. The molecule has 0 spiro atoms. The van der Waals surface area contributed by atoms with Gasteiger partial charge in [0.05, 0.1) is 6.42 Å². The van der Waals surface area contributed by atoms with Crippen molar-refractivity contribution in [3.05, 3.63) is 35.6 Å². The lowest BCUT2D eigenvalue weighted by atomic mass is 9.93. The van der Waals surface area contributed by atoms with Gasteiger partial charge in [0.2, 0.25) is 0 Å². The molecule has 2 rings (SSSR count). The zero-order chi connectivity index (χ0) is 13.1. The number of hydrogen-bond donors (Lipinski definition) is 1. The summed E-state index contributed by atoms with van der Waals surface area (Å²) in [6, 6.07) is 6.98. The van der Waals surface area contributed by atoms with Crippen molar-refractivity contribution in [1.29, 1.82) is 0 Å². The van der Waals surface area contributed by atoms with Gasteiger partial charge in [-0.3, -0.25) is 9.69 Å². The van der Waals surface area contributed by atoms with Crippen LogP contribution in [-0.4, -0.2) is 35.1 Å². The Morgan fingerprint density at radius 3 is 2.89 bits per heavy atom. The fourth-order valence-corrected chi connectivity index (χ4v) is 2.48. The Bertz CT molecular complexity index is 430. The normalized spacial score (nSPS) is 18.3. The predicted octanol–water partition coefficient (Wildman–Crippen LogP) is 2.16. The molecular weight excluding hydrogens is 233 g/mol. The summed E-state index contributed by atoms with van der Waals surface area (Å²) in [6.45, 7) is 3.77. The topological polar surface area (TPSA) is 40.5 Å². The van der Waals surface area contributed by atoms with Gasteiger partial charge >= 0.3 is 5.97 Å². The average molecular weight is 251 g/mol. The predicted molar refractivity (Wildman–Crippen MR) is 66.9 cm³/mol. The van der Waals surface area contributed by atoms with E-state index in [0.29, 0.717) is 6.04 Å². The molecule has 1 atom stereocenters. The largest absolute Gasteiger partial charge is 0.481 e. The summed E-state index contributed by atoms with van der Waals surface area (Å²) in [5.41, 5.74) is 0.990. The number of aliphatic carboxylic acids is 1. The molecule has 1 aromatic rings. The number of rotatable bonds is 5. The second kappa shape index (κ2) is 5.48. The lowest BCUT2D eigenvalue weighted by Gasteiger charge is -2.42. The molecule has 1 saturated heterocycles. The van der Waals surface area contributed by atoms with E-state index in [-0.39, 0.29) is 18.2 Å². The number of likely N-dealkylation sites (tertiary alicyclic amines) is 1. The SMILES string of the molecule is CC(Cc1cccc(F)c1)N1CC(CC(=O)O)C1. The molecule has 1 unspecified atom stereocenters. The first-order valence-electron chi connectivity index (χ1n) is 6.25. The van der Waals surface area contributed by atoms with Gasteiger partial charge in [0.1, 0.15) is 5.82 Å². The van der Waals surface area contributed by atoms with E-state index in [2.05, 4.69) is 11.8 Å². The van der Waals surface area contributed by atoms with Crippen LogP contribution in [0.2, 0.25) is 0 Å². The molecule has 4 heteroatoms. The molecule has 3 nitrogen and oxygen atoms in total. The van der Waals surface area contributed by atoms with Crippen molar-refractivity contribution in [2.24, 2.45) is 5.92 Å². The number of carbonyl (C=O) groups is 1. The summed E-state index contributed by atoms with van der Waals surface area (Å²) >= 11 is 0.